The van der Waals surface area contributed by atoms with E-state index in [1.165, 1.54) is 12.1 Å². The zero-order valence-corrected chi connectivity index (χ0v) is 19.0. The van der Waals surface area contributed by atoms with E-state index in [-0.39, 0.29) is 36.7 Å². The van der Waals surface area contributed by atoms with Crippen LogP contribution in [0.4, 0.5) is 4.39 Å². The minimum Gasteiger partial charge on any atom is -0.465 e. The summed E-state index contributed by atoms with van der Waals surface area (Å²) in [6.07, 6.45) is 0.670. The van der Waals surface area contributed by atoms with Gasteiger partial charge in [0.1, 0.15) is 30.4 Å². The lowest BCUT2D eigenvalue weighted by atomic mass is 10.1. The van der Waals surface area contributed by atoms with Gasteiger partial charge in [-0.2, -0.15) is 0 Å². The first-order valence-electron chi connectivity index (χ1n) is 10.8. The molecule has 1 amide bonds. The van der Waals surface area contributed by atoms with Crippen molar-refractivity contribution < 1.29 is 28.6 Å². The molecular weight excluding hydrogens is 427 g/mol. The van der Waals surface area contributed by atoms with Gasteiger partial charge in [-0.1, -0.05) is 43.8 Å². The van der Waals surface area contributed by atoms with E-state index in [9.17, 15) is 19.1 Å². The van der Waals surface area contributed by atoms with Crippen LogP contribution in [-0.2, 0) is 20.9 Å². The van der Waals surface area contributed by atoms with Crippen molar-refractivity contribution >= 4 is 11.9 Å². The maximum absolute atomic E-state index is 13.8. The van der Waals surface area contributed by atoms with Gasteiger partial charge < -0.3 is 19.5 Å². The molecule has 0 radical (unpaired) electrons. The van der Waals surface area contributed by atoms with E-state index in [1.807, 2.05) is 37.3 Å². The number of amides is 1. The van der Waals surface area contributed by atoms with E-state index >= 15 is 0 Å². The summed E-state index contributed by atoms with van der Waals surface area (Å²) in [4.78, 5) is 26.8. The molecule has 0 aliphatic heterocycles. The predicted octanol–water partition coefficient (Wildman–Crippen LogP) is 3.69. The van der Waals surface area contributed by atoms with Crippen LogP contribution >= 0.6 is 0 Å². The zero-order valence-electron chi connectivity index (χ0n) is 19.0. The number of nitrogens with one attached hydrogen (secondary N) is 1. The van der Waals surface area contributed by atoms with Gasteiger partial charge in [0.25, 0.3) is 0 Å². The number of carbonyl (C=O) groups excluding carboxylic acids is 2. The van der Waals surface area contributed by atoms with Crippen LogP contribution in [0.5, 0.6) is 5.75 Å². The van der Waals surface area contributed by atoms with Crippen molar-refractivity contribution in [3.8, 4) is 5.75 Å². The average molecular weight is 459 g/mol. The molecule has 8 heteroatoms. The van der Waals surface area contributed by atoms with Gasteiger partial charge in [-0.15, -0.1) is 0 Å². The van der Waals surface area contributed by atoms with Crippen LogP contribution < -0.4 is 10.1 Å². The second-order valence-corrected chi connectivity index (χ2v) is 7.54. The Morgan fingerprint density at radius 1 is 1.24 bits per heavy atom. The van der Waals surface area contributed by atoms with Crippen molar-refractivity contribution in [2.45, 2.75) is 45.1 Å². The molecular formula is C25H31FN2O5. The summed E-state index contributed by atoms with van der Waals surface area (Å²) in [7, 11) is 1.70. The van der Waals surface area contributed by atoms with E-state index < -0.39 is 24.1 Å². The molecule has 0 spiro atoms. The van der Waals surface area contributed by atoms with Gasteiger partial charge in [-0.3, -0.25) is 14.9 Å². The van der Waals surface area contributed by atoms with Crippen molar-refractivity contribution in [3.63, 3.8) is 0 Å². The van der Waals surface area contributed by atoms with E-state index in [2.05, 4.69) is 11.9 Å². The Kier molecular flexibility index (Phi) is 10.5. The van der Waals surface area contributed by atoms with Crippen molar-refractivity contribution in [1.82, 2.24) is 10.2 Å². The molecule has 0 saturated carbocycles. The number of hydrogen-bond acceptors (Lipinski definition) is 6. The molecule has 2 aromatic carbocycles. The molecule has 2 atom stereocenters. The topological polar surface area (TPSA) is 88.1 Å². The third-order valence-corrected chi connectivity index (χ3v) is 4.98. The summed E-state index contributed by atoms with van der Waals surface area (Å²) >= 11 is 0. The molecule has 2 aromatic rings. The minimum atomic E-state index is -1.45. The largest absolute Gasteiger partial charge is 0.465 e. The number of halogens is 1. The third-order valence-electron chi connectivity index (χ3n) is 4.98. The fourth-order valence-electron chi connectivity index (χ4n) is 3.23. The molecule has 2 rings (SSSR count). The van der Waals surface area contributed by atoms with Crippen molar-refractivity contribution in [1.29, 1.82) is 0 Å². The molecule has 0 aliphatic rings. The molecule has 2 unspecified atom stereocenters. The van der Waals surface area contributed by atoms with Crippen LogP contribution in [0.2, 0.25) is 0 Å². The normalized spacial score (nSPS) is 12.5. The van der Waals surface area contributed by atoms with E-state index in [1.54, 1.807) is 11.9 Å². The first-order chi connectivity index (χ1) is 15.8. The fourth-order valence-corrected chi connectivity index (χ4v) is 3.23. The summed E-state index contributed by atoms with van der Waals surface area (Å²) in [6.45, 7) is 6.08. The molecule has 0 heterocycles. The number of aliphatic hydroxyl groups excluding tert-OH is 1. The van der Waals surface area contributed by atoms with E-state index in [4.69, 9.17) is 9.47 Å². The van der Waals surface area contributed by atoms with Gasteiger partial charge >= 0.3 is 5.97 Å². The van der Waals surface area contributed by atoms with Gasteiger partial charge in [0, 0.05) is 25.6 Å². The molecule has 2 N–H and O–H groups in total. The lowest BCUT2D eigenvalue weighted by Crippen LogP contribution is -2.41. The number of ether oxygens (including phenoxy) is 2. The van der Waals surface area contributed by atoms with E-state index in [0.717, 1.165) is 24.3 Å². The lowest BCUT2D eigenvalue weighted by molar-refractivity contribution is -0.149. The van der Waals surface area contributed by atoms with Gasteiger partial charge in [0.05, 0.1) is 6.26 Å². The number of benzene rings is 2. The lowest BCUT2D eigenvalue weighted by Gasteiger charge is -2.24. The maximum Gasteiger partial charge on any atom is 0.323 e. The van der Waals surface area contributed by atoms with Crippen LogP contribution in [0.25, 0.3) is 0 Å². The second kappa shape index (κ2) is 13.3. The summed E-state index contributed by atoms with van der Waals surface area (Å²) in [5.74, 6) is -1.16. The van der Waals surface area contributed by atoms with Crippen molar-refractivity contribution in [2.24, 2.45) is 0 Å². The molecule has 0 saturated heterocycles. The number of rotatable bonds is 13. The van der Waals surface area contributed by atoms with Crippen LogP contribution in [0.15, 0.2) is 61.4 Å². The Morgan fingerprint density at radius 3 is 2.64 bits per heavy atom. The molecule has 0 aromatic heterocycles. The second-order valence-electron chi connectivity index (χ2n) is 7.54. The Morgan fingerprint density at radius 2 is 1.97 bits per heavy atom. The smallest absolute Gasteiger partial charge is 0.323 e. The first kappa shape index (κ1) is 26.0. The summed E-state index contributed by atoms with van der Waals surface area (Å²) in [5, 5.41) is 13.5. The number of esters is 1. The van der Waals surface area contributed by atoms with Crippen LogP contribution in [0, 0.1) is 5.82 Å². The summed E-state index contributed by atoms with van der Waals surface area (Å²) in [5.41, 5.74) is 0.890. The van der Waals surface area contributed by atoms with E-state index in [0.29, 0.717) is 6.54 Å². The number of nitrogens with zero attached hydrogens (tertiary/aromatic N) is 1. The van der Waals surface area contributed by atoms with Crippen LogP contribution in [0.3, 0.4) is 0 Å². The maximum atomic E-state index is 13.8. The van der Waals surface area contributed by atoms with Crippen LogP contribution in [-0.4, -0.2) is 41.5 Å². The average Bonchev–Trinajstić information content (AvgIpc) is 2.81. The molecule has 178 valence electrons. The standard InChI is InChI=1S/C25H31FN2O5/c1-4-15-28(3)23(29)14-12-21(25(31)33-17-18-9-7-6-8-10-18)27-24(30)20-16-19(26)11-13-22(20)32-5-2/h5-11,13,16,21,24,27,30H,2,4,12,14-15,17H2,1,3H3. The Hall–Kier alpha value is -3.23. The predicted molar refractivity (Wildman–Crippen MR) is 123 cm³/mol. The van der Waals surface area contributed by atoms with Gasteiger partial charge in [0.15, 0.2) is 0 Å². The van der Waals surface area contributed by atoms with Crippen molar-refractivity contribution in [3.05, 3.63) is 78.3 Å². The third kappa shape index (κ3) is 8.32. The number of carbonyl (C=O) groups is 2. The Labute approximate surface area is 193 Å². The number of aliphatic hydroxyl groups is 1. The molecule has 33 heavy (non-hydrogen) atoms. The highest BCUT2D eigenvalue weighted by atomic mass is 19.1. The fraction of sp³-hybridized carbons (Fsp3) is 0.360. The first-order valence-corrected chi connectivity index (χ1v) is 10.8. The quantitative estimate of drug-likeness (QED) is 0.270. The summed E-state index contributed by atoms with van der Waals surface area (Å²) in [6, 6.07) is 11.8. The van der Waals surface area contributed by atoms with Gasteiger partial charge in [0.2, 0.25) is 5.91 Å². The van der Waals surface area contributed by atoms with Crippen molar-refractivity contribution in [2.75, 3.05) is 13.6 Å². The highest BCUT2D eigenvalue weighted by molar-refractivity contribution is 5.79. The SMILES string of the molecule is C=COc1ccc(F)cc1C(O)NC(CCC(=O)N(C)CCC)C(=O)OCc1ccccc1. The molecule has 7 nitrogen and oxygen atoms in total. The Balaban J connectivity index is 2.15. The molecule has 0 bridgehead atoms. The Bertz CT molecular complexity index is 922. The minimum absolute atomic E-state index is 0.0441. The zero-order chi connectivity index (χ0) is 24.2. The van der Waals surface area contributed by atoms with Gasteiger partial charge in [-0.05, 0) is 36.6 Å². The number of hydrogen-bond donors (Lipinski definition) is 2. The van der Waals surface area contributed by atoms with Gasteiger partial charge in [-0.25, -0.2) is 4.39 Å². The van der Waals surface area contributed by atoms with Crippen LogP contribution in [0.1, 0.15) is 43.5 Å². The highest BCUT2D eigenvalue weighted by Gasteiger charge is 2.26. The molecule has 0 aliphatic carbocycles. The summed E-state index contributed by atoms with van der Waals surface area (Å²) < 4.78 is 24.5. The molecule has 0 fully saturated rings. The highest BCUT2D eigenvalue weighted by Crippen LogP contribution is 2.26. The monoisotopic (exact) mass is 458 g/mol.